The average Bonchev–Trinajstić information content (AvgIpc) is 2.90. The number of nitrogens with one attached hydrogen (secondary N) is 1. The van der Waals surface area contributed by atoms with Crippen LogP contribution in [0.25, 0.3) is 0 Å². The van der Waals surface area contributed by atoms with Crippen LogP contribution in [-0.2, 0) is 11.3 Å². The topological polar surface area (TPSA) is 71.1 Å². The van der Waals surface area contributed by atoms with E-state index in [0.29, 0.717) is 31.9 Å². The average molecular weight is 425 g/mol. The van der Waals surface area contributed by atoms with E-state index in [1.54, 1.807) is 26.1 Å². The zero-order valence-corrected chi connectivity index (χ0v) is 17.6. The first-order chi connectivity index (χ1) is 14.2. The molecule has 3 rings (SSSR count). The number of rotatable bonds is 8. The quantitative estimate of drug-likeness (QED) is 0.645. The van der Waals surface area contributed by atoms with Crippen LogP contribution in [-0.4, -0.2) is 54.2 Å². The fourth-order valence-corrected chi connectivity index (χ4v) is 4.11. The lowest BCUT2D eigenvalue weighted by Crippen LogP contribution is -2.49. The molecule has 0 bridgehead atoms. The molecule has 1 saturated carbocycles. The third kappa shape index (κ3) is 4.83. The second-order valence-corrected chi connectivity index (χ2v) is 8.18. The molecule has 1 aromatic carbocycles. The molecule has 1 N–H and O–H groups in total. The molecule has 0 aromatic heterocycles. The molecule has 3 amide bonds. The molecule has 7 nitrogen and oxygen atoms in total. The Kier molecular flexibility index (Phi) is 6.80. The van der Waals surface area contributed by atoms with E-state index in [2.05, 4.69) is 17.0 Å². The molecule has 9 heteroatoms. The third-order valence-corrected chi connectivity index (χ3v) is 5.73. The van der Waals surface area contributed by atoms with Gasteiger partial charge in [-0.2, -0.15) is 8.78 Å². The van der Waals surface area contributed by atoms with Gasteiger partial charge >= 0.3 is 12.6 Å². The predicted octanol–water partition coefficient (Wildman–Crippen LogP) is 3.58. The molecule has 1 aliphatic carbocycles. The molecule has 0 atom stereocenters. The number of amides is 3. The molecule has 1 aliphatic heterocycles. The molecule has 30 heavy (non-hydrogen) atoms. The van der Waals surface area contributed by atoms with Crippen LogP contribution in [0.3, 0.4) is 0 Å². The molecular weight excluding hydrogens is 396 g/mol. The third-order valence-electron chi connectivity index (χ3n) is 5.73. The number of carbonyl (C=O) groups is 2. The van der Waals surface area contributed by atoms with Gasteiger partial charge in [0.15, 0.2) is 11.5 Å². The van der Waals surface area contributed by atoms with Crippen LogP contribution < -0.4 is 14.8 Å². The van der Waals surface area contributed by atoms with Gasteiger partial charge in [0.05, 0.1) is 13.3 Å². The number of benzene rings is 1. The van der Waals surface area contributed by atoms with Gasteiger partial charge in [0, 0.05) is 6.54 Å². The first-order valence-corrected chi connectivity index (χ1v) is 10.3. The highest BCUT2D eigenvalue weighted by atomic mass is 19.3. The summed E-state index contributed by atoms with van der Waals surface area (Å²) in [4.78, 5) is 28.5. The normalized spacial score (nSPS) is 24.1. The Morgan fingerprint density at radius 2 is 1.97 bits per heavy atom. The number of alkyl halides is 2. The first kappa shape index (κ1) is 22.3. The van der Waals surface area contributed by atoms with Crippen LogP contribution in [0.1, 0.15) is 45.1 Å². The van der Waals surface area contributed by atoms with Gasteiger partial charge in [-0.05, 0) is 63.3 Å². The summed E-state index contributed by atoms with van der Waals surface area (Å²) in [5.74, 6) is 0.602. The summed E-state index contributed by atoms with van der Waals surface area (Å²) in [7, 11) is 1.79. The largest absolute Gasteiger partial charge is 0.490 e. The van der Waals surface area contributed by atoms with Crippen molar-refractivity contribution in [2.24, 2.45) is 5.92 Å². The number of nitrogens with zero attached hydrogens (tertiary/aromatic N) is 2. The smallest absolute Gasteiger partial charge is 0.387 e. The van der Waals surface area contributed by atoms with E-state index < -0.39 is 12.2 Å². The van der Waals surface area contributed by atoms with Gasteiger partial charge in [-0.25, -0.2) is 9.69 Å². The van der Waals surface area contributed by atoms with Gasteiger partial charge in [0.2, 0.25) is 0 Å². The second-order valence-electron chi connectivity index (χ2n) is 8.18. The minimum Gasteiger partial charge on any atom is -0.490 e. The summed E-state index contributed by atoms with van der Waals surface area (Å²) in [6.45, 7) is 1.82. The summed E-state index contributed by atoms with van der Waals surface area (Å²) in [5.41, 5.74) is 0.0247. The summed E-state index contributed by atoms with van der Waals surface area (Å²) in [5, 5.41) is 2.91. The summed E-state index contributed by atoms with van der Waals surface area (Å²) in [6, 6.07) is 4.36. The van der Waals surface area contributed by atoms with Crippen molar-refractivity contribution in [1.29, 1.82) is 0 Å². The van der Waals surface area contributed by atoms with Crippen molar-refractivity contribution < 1.29 is 27.8 Å². The van der Waals surface area contributed by atoms with Gasteiger partial charge in [-0.3, -0.25) is 9.69 Å². The predicted molar refractivity (Wildman–Crippen MR) is 106 cm³/mol. The molecule has 1 heterocycles. The number of ether oxygens (including phenoxy) is 2. The maximum atomic E-state index is 13.0. The summed E-state index contributed by atoms with van der Waals surface area (Å²) < 4.78 is 35.0. The van der Waals surface area contributed by atoms with Crippen molar-refractivity contribution in [2.75, 3.05) is 20.3 Å². The first-order valence-electron chi connectivity index (χ1n) is 10.3. The molecule has 2 fully saturated rings. The lowest BCUT2D eigenvalue weighted by molar-refractivity contribution is -0.134. The highest BCUT2D eigenvalue weighted by Crippen LogP contribution is 2.36. The van der Waals surface area contributed by atoms with E-state index in [4.69, 9.17) is 4.74 Å². The van der Waals surface area contributed by atoms with Gasteiger partial charge < -0.3 is 14.8 Å². The lowest BCUT2D eigenvalue weighted by Gasteiger charge is -2.33. The molecule has 1 spiro atoms. The van der Waals surface area contributed by atoms with Crippen LogP contribution in [0.4, 0.5) is 13.6 Å². The van der Waals surface area contributed by atoms with Crippen molar-refractivity contribution >= 4 is 11.9 Å². The minimum atomic E-state index is -2.94. The number of urea groups is 1. The van der Waals surface area contributed by atoms with Crippen molar-refractivity contribution in [3.05, 3.63) is 23.8 Å². The monoisotopic (exact) mass is 425 g/mol. The maximum Gasteiger partial charge on any atom is 0.387 e. The highest BCUT2D eigenvalue weighted by Gasteiger charge is 2.52. The molecule has 0 unspecified atom stereocenters. The van der Waals surface area contributed by atoms with Crippen LogP contribution in [0.15, 0.2) is 18.2 Å². The van der Waals surface area contributed by atoms with E-state index in [1.165, 1.54) is 11.0 Å². The van der Waals surface area contributed by atoms with Gasteiger partial charge in [0.25, 0.3) is 5.91 Å². The molecule has 1 aromatic rings. The Hall–Kier alpha value is -2.42. The summed E-state index contributed by atoms with van der Waals surface area (Å²) >= 11 is 0. The van der Waals surface area contributed by atoms with Crippen LogP contribution in [0.5, 0.6) is 11.5 Å². The van der Waals surface area contributed by atoms with Gasteiger partial charge in [-0.15, -0.1) is 0 Å². The minimum absolute atomic E-state index is 0.0270. The van der Waals surface area contributed by atoms with E-state index in [9.17, 15) is 18.4 Å². The molecular formula is C21H29F2N3O4. The van der Waals surface area contributed by atoms with Crippen molar-refractivity contribution in [3.63, 3.8) is 0 Å². The van der Waals surface area contributed by atoms with Crippen LogP contribution >= 0.6 is 0 Å². The van der Waals surface area contributed by atoms with E-state index in [0.717, 1.165) is 18.4 Å². The van der Waals surface area contributed by atoms with E-state index in [1.807, 2.05) is 4.90 Å². The number of carbonyl (C=O) groups excluding carboxylic acids is 2. The Labute approximate surface area is 175 Å². The van der Waals surface area contributed by atoms with Gasteiger partial charge in [0.1, 0.15) is 5.54 Å². The Balaban J connectivity index is 1.65. The Morgan fingerprint density at radius 1 is 1.27 bits per heavy atom. The van der Waals surface area contributed by atoms with Crippen molar-refractivity contribution in [2.45, 2.75) is 58.2 Å². The Morgan fingerprint density at radius 3 is 2.60 bits per heavy atom. The standard InChI is InChI=1S/C21H29F2N3O4/c1-4-29-17-11-15(5-6-16(17)30-19(22)23)12-25(3)13-26-18(27)21(24-20(26)28)9-7-14(2)8-10-21/h5-6,11,14,19H,4,7-10,12-13H2,1-3H3,(H,24,28). The molecule has 1 saturated heterocycles. The van der Waals surface area contributed by atoms with Crippen LogP contribution in [0.2, 0.25) is 0 Å². The number of hydrogen-bond acceptors (Lipinski definition) is 5. The van der Waals surface area contributed by atoms with E-state index >= 15 is 0 Å². The van der Waals surface area contributed by atoms with Gasteiger partial charge in [-0.1, -0.05) is 13.0 Å². The maximum absolute atomic E-state index is 13.0. The Bertz CT molecular complexity index is 782. The van der Waals surface area contributed by atoms with Crippen LogP contribution in [0, 0.1) is 5.92 Å². The zero-order chi connectivity index (χ0) is 21.9. The van der Waals surface area contributed by atoms with Crippen molar-refractivity contribution in [1.82, 2.24) is 15.1 Å². The number of imide groups is 1. The SMILES string of the molecule is CCOc1cc(CN(C)CN2C(=O)NC3(CCC(C)CC3)C2=O)ccc1OC(F)F. The molecule has 0 radical (unpaired) electrons. The lowest BCUT2D eigenvalue weighted by atomic mass is 9.77. The number of hydrogen-bond donors (Lipinski definition) is 1. The highest BCUT2D eigenvalue weighted by molar-refractivity contribution is 6.07. The number of halogens is 2. The molecule has 2 aliphatic rings. The second kappa shape index (κ2) is 9.16. The fourth-order valence-electron chi connectivity index (χ4n) is 4.11. The summed E-state index contributed by atoms with van der Waals surface area (Å²) in [6.07, 6.45) is 3.18. The zero-order valence-electron chi connectivity index (χ0n) is 17.6. The van der Waals surface area contributed by atoms with Crippen molar-refractivity contribution in [3.8, 4) is 11.5 Å². The molecule has 166 valence electrons. The van der Waals surface area contributed by atoms with E-state index in [-0.39, 0.29) is 30.1 Å². The fraction of sp³-hybridized carbons (Fsp3) is 0.619.